The van der Waals surface area contributed by atoms with Crippen LogP contribution in [-0.2, 0) is 4.79 Å². The molecule has 0 bridgehead atoms. The zero-order valence-corrected chi connectivity index (χ0v) is 12.2. The predicted octanol–water partition coefficient (Wildman–Crippen LogP) is 2.58. The summed E-state index contributed by atoms with van der Waals surface area (Å²) in [5.41, 5.74) is 0.388. The van der Waals surface area contributed by atoms with E-state index in [4.69, 9.17) is 21.4 Å². The Kier molecular flexibility index (Phi) is 6.31. The van der Waals surface area contributed by atoms with E-state index in [1.165, 1.54) is 0 Å². The third kappa shape index (κ3) is 5.09. The average molecular weight is 300 g/mol. The van der Waals surface area contributed by atoms with Gasteiger partial charge in [0.2, 0.25) is 0 Å². The lowest BCUT2D eigenvalue weighted by molar-refractivity contribution is -0.137. The van der Waals surface area contributed by atoms with Crippen LogP contribution in [0.25, 0.3) is 0 Å². The zero-order valence-electron chi connectivity index (χ0n) is 11.5. The molecule has 1 aromatic carbocycles. The van der Waals surface area contributed by atoms with Gasteiger partial charge in [0, 0.05) is 18.0 Å². The Hall–Kier alpha value is -1.75. The Morgan fingerprint density at radius 2 is 2.15 bits per heavy atom. The number of hydrogen-bond acceptors (Lipinski definition) is 3. The molecule has 20 heavy (non-hydrogen) atoms. The van der Waals surface area contributed by atoms with Crippen molar-refractivity contribution in [1.82, 2.24) is 5.32 Å². The van der Waals surface area contributed by atoms with Gasteiger partial charge in [0.15, 0.2) is 0 Å². The summed E-state index contributed by atoms with van der Waals surface area (Å²) in [5.74, 6) is -0.904. The predicted molar refractivity (Wildman–Crippen MR) is 76.4 cm³/mol. The van der Waals surface area contributed by atoms with Crippen LogP contribution in [0.3, 0.4) is 0 Å². The maximum Gasteiger partial charge on any atom is 0.303 e. The van der Waals surface area contributed by atoms with E-state index in [-0.39, 0.29) is 18.2 Å². The molecular formula is C14H18ClNO4. The number of rotatable bonds is 7. The summed E-state index contributed by atoms with van der Waals surface area (Å²) in [4.78, 5) is 22.6. The van der Waals surface area contributed by atoms with Gasteiger partial charge in [-0.1, -0.05) is 18.5 Å². The fourth-order valence-electron chi connectivity index (χ4n) is 1.69. The molecule has 1 rings (SSSR count). The van der Waals surface area contributed by atoms with Gasteiger partial charge in [-0.2, -0.15) is 0 Å². The molecule has 0 radical (unpaired) electrons. The van der Waals surface area contributed by atoms with E-state index in [1.54, 1.807) is 25.1 Å². The third-order valence-corrected chi connectivity index (χ3v) is 2.86. The molecule has 0 aromatic heterocycles. The van der Waals surface area contributed by atoms with Crippen LogP contribution >= 0.6 is 11.6 Å². The molecule has 0 heterocycles. The molecule has 5 nitrogen and oxygen atoms in total. The molecule has 0 saturated heterocycles. The van der Waals surface area contributed by atoms with Crippen molar-refractivity contribution in [2.45, 2.75) is 20.3 Å². The van der Waals surface area contributed by atoms with Crippen molar-refractivity contribution < 1.29 is 19.4 Å². The van der Waals surface area contributed by atoms with Crippen molar-refractivity contribution in [2.75, 3.05) is 13.2 Å². The van der Waals surface area contributed by atoms with E-state index < -0.39 is 5.97 Å². The number of amides is 1. The second kappa shape index (κ2) is 7.75. The number of carbonyl (C=O) groups is 2. The molecule has 0 spiro atoms. The maximum absolute atomic E-state index is 12.1. The number of aliphatic carboxylic acids is 1. The fraction of sp³-hybridized carbons (Fsp3) is 0.429. The van der Waals surface area contributed by atoms with Crippen molar-refractivity contribution in [1.29, 1.82) is 0 Å². The zero-order chi connectivity index (χ0) is 15.1. The number of carboxylic acids is 1. The molecule has 0 saturated carbocycles. The normalized spacial score (nSPS) is 11.8. The van der Waals surface area contributed by atoms with Gasteiger partial charge in [-0.15, -0.1) is 0 Å². The molecule has 1 amide bonds. The first-order chi connectivity index (χ1) is 9.43. The van der Waals surface area contributed by atoms with Crippen molar-refractivity contribution in [3.05, 3.63) is 28.8 Å². The maximum atomic E-state index is 12.1. The van der Waals surface area contributed by atoms with E-state index in [9.17, 15) is 9.59 Å². The van der Waals surface area contributed by atoms with Gasteiger partial charge < -0.3 is 15.2 Å². The molecule has 2 N–H and O–H groups in total. The number of carbonyl (C=O) groups excluding carboxylic acids is 1. The molecule has 6 heteroatoms. The first-order valence-corrected chi connectivity index (χ1v) is 6.74. The number of halogens is 1. The largest absolute Gasteiger partial charge is 0.493 e. The van der Waals surface area contributed by atoms with E-state index in [0.717, 1.165) is 0 Å². The average Bonchev–Trinajstić information content (AvgIpc) is 2.36. The highest BCUT2D eigenvalue weighted by molar-refractivity contribution is 6.30. The summed E-state index contributed by atoms with van der Waals surface area (Å²) in [6, 6.07) is 4.78. The van der Waals surface area contributed by atoms with Crippen LogP contribution in [0.1, 0.15) is 30.6 Å². The standard InChI is InChI=1S/C14H18ClNO4/c1-3-20-12-7-10(15)4-5-11(12)14(19)16-8-9(2)6-13(17)18/h4-5,7,9H,3,6,8H2,1-2H3,(H,16,19)(H,17,18). The monoisotopic (exact) mass is 299 g/mol. The lowest BCUT2D eigenvalue weighted by atomic mass is 10.1. The van der Waals surface area contributed by atoms with Crippen LogP contribution < -0.4 is 10.1 Å². The lowest BCUT2D eigenvalue weighted by Gasteiger charge is -2.13. The summed E-state index contributed by atoms with van der Waals surface area (Å²) >= 11 is 5.87. The van der Waals surface area contributed by atoms with Gasteiger partial charge >= 0.3 is 5.97 Å². The number of hydrogen-bond donors (Lipinski definition) is 2. The molecule has 1 atom stereocenters. The molecule has 0 aliphatic rings. The minimum absolute atomic E-state index is 0.0131. The van der Waals surface area contributed by atoms with Crippen LogP contribution in [0.5, 0.6) is 5.75 Å². The number of ether oxygens (including phenoxy) is 1. The van der Waals surface area contributed by atoms with Gasteiger partial charge in [-0.25, -0.2) is 0 Å². The van der Waals surface area contributed by atoms with Gasteiger partial charge in [0.25, 0.3) is 5.91 Å². The van der Waals surface area contributed by atoms with Crippen molar-refractivity contribution >= 4 is 23.5 Å². The van der Waals surface area contributed by atoms with Gasteiger partial charge in [-0.3, -0.25) is 9.59 Å². The molecule has 0 aliphatic carbocycles. The van der Waals surface area contributed by atoms with Gasteiger partial charge in [0.1, 0.15) is 5.75 Å². The minimum atomic E-state index is -0.881. The first-order valence-electron chi connectivity index (χ1n) is 6.36. The summed E-state index contributed by atoms with van der Waals surface area (Å²) < 4.78 is 5.37. The quantitative estimate of drug-likeness (QED) is 0.811. The number of nitrogens with one attached hydrogen (secondary N) is 1. The molecule has 0 aliphatic heterocycles. The Bertz CT molecular complexity index is 490. The lowest BCUT2D eigenvalue weighted by Crippen LogP contribution is -2.29. The van der Waals surface area contributed by atoms with E-state index in [2.05, 4.69) is 5.32 Å². The Labute approximate surface area is 122 Å². The number of carboxylic acid groups (broad SMARTS) is 1. The van der Waals surface area contributed by atoms with Gasteiger partial charge in [0.05, 0.1) is 12.2 Å². The summed E-state index contributed by atoms with van der Waals surface area (Å²) in [7, 11) is 0. The first kappa shape index (κ1) is 16.3. The van der Waals surface area contributed by atoms with E-state index >= 15 is 0 Å². The third-order valence-electron chi connectivity index (χ3n) is 2.62. The Morgan fingerprint density at radius 3 is 2.75 bits per heavy atom. The van der Waals surface area contributed by atoms with Crippen LogP contribution in [0.2, 0.25) is 5.02 Å². The highest BCUT2D eigenvalue weighted by Gasteiger charge is 2.15. The second-order valence-electron chi connectivity index (χ2n) is 4.49. The molecule has 1 unspecified atom stereocenters. The van der Waals surface area contributed by atoms with Crippen LogP contribution in [0, 0.1) is 5.92 Å². The molecule has 110 valence electrons. The summed E-state index contributed by atoms with van der Waals surface area (Å²) in [6.45, 7) is 4.30. The molecule has 1 aromatic rings. The van der Waals surface area contributed by atoms with Crippen molar-refractivity contribution in [3.8, 4) is 5.75 Å². The van der Waals surface area contributed by atoms with Gasteiger partial charge in [-0.05, 0) is 31.0 Å². The Balaban J connectivity index is 2.69. The van der Waals surface area contributed by atoms with Crippen LogP contribution in [-0.4, -0.2) is 30.1 Å². The SMILES string of the molecule is CCOc1cc(Cl)ccc1C(=O)NCC(C)CC(=O)O. The highest BCUT2D eigenvalue weighted by Crippen LogP contribution is 2.23. The van der Waals surface area contributed by atoms with E-state index in [0.29, 0.717) is 29.5 Å². The van der Waals surface area contributed by atoms with Crippen LogP contribution in [0.4, 0.5) is 0 Å². The molecular weight excluding hydrogens is 282 g/mol. The highest BCUT2D eigenvalue weighted by atomic mass is 35.5. The smallest absolute Gasteiger partial charge is 0.303 e. The summed E-state index contributed by atoms with van der Waals surface area (Å²) in [6.07, 6.45) is 0.0131. The Morgan fingerprint density at radius 1 is 1.45 bits per heavy atom. The number of benzene rings is 1. The summed E-state index contributed by atoms with van der Waals surface area (Å²) in [5, 5.41) is 11.9. The second-order valence-corrected chi connectivity index (χ2v) is 4.92. The fourth-order valence-corrected chi connectivity index (χ4v) is 1.85. The minimum Gasteiger partial charge on any atom is -0.493 e. The van der Waals surface area contributed by atoms with Crippen molar-refractivity contribution in [2.24, 2.45) is 5.92 Å². The van der Waals surface area contributed by atoms with Crippen molar-refractivity contribution in [3.63, 3.8) is 0 Å². The van der Waals surface area contributed by atoms with Crippen LogP contribution in [0.15, 0.2) is 18.2 Å². The molecule has 0 fully saturated rings. The van der Waals surface area contributed by atoms with E-state index in [1.807, 2.05) is 6.92 Å². The topological polar surface area (TPSA) is 75.6 Å².